The number of benzene rings is 1. The average Bonchev–Trinajstić information content (AvgIpc) is 2.82. The van der Waals surface area contributed by atoms with Crippen LogP contribution in [0.25, 0.3) is 0 Å². The van der Waals surface area contributed by atoms with E-state index in [4.69, 9.17) is 21.1 Å². The van der Waals surface area contributed by atoms with Crippen molar-refractivity contribution in [1.82, 2.24) is 5.32 Å². The van der Waals surface area contributed by atoms with Gasteiger partial charge in [-0.25, -0.2) is 0 Å². The van der Waals surface area contributed by atoms with Crippen LogP contribution < -0.4 is 10.2 Å². The monoisotopic (exact) mass is 310 g/mol. The van der Waals surface area contributed by atoms with Crippen molar-refractivity contribution >= 4 is 17.3 Å². The molecule has 1 aromatic carbocycles. The molecule has 21 heavy (non-hydrogen) atoms. The lowest BCUT2D eigenvalue weighted by Gasteiger charge is -2.35. The van der Waals surface area contributed by atoms with Crippen LogP contribution in [-0.2, 0) is 16.0 Å². The second kappa shape index (κ2) is 6.97. The third-order valence-electron chi connectivity index (χ3n) is 4.23. The molecule has 2 bridgehead atoms. The van der Waals surface area contributed by atoms with Gasteiger partial charge in [-0.2, -0.15) is 0 Å². The number of morpholine rings is 1. The highest BCUT2D eigenvalue weighted by Crippen LogP contribution is 2.35. The van der Waals surface area contributed by atoms with Crippen LogP contribution in [0.5, 0.6) is 0 Å². The van der Waals surface area contributed by atoms with Gasteiger partial charge in [-0.15, -0.1) is 0 Å². The van der Waals surface area contributed by atoms with Crippen LogP contribution in [0.4, 0.5) is 5.69 Å². The Morgan fingerprint density at radius 2 is 2.10 bits per heavy atom. The number of para-hydroxylation sites is 1. The van der Waals surface area contributed by atoms with Gasteiger partial charge in [-0.05, 0) is 24.5 Å². The van der Waals surface area contributed by atoms with E-state index in [-0.39, 0.29) is 0 Å². The normalized spacial score (nSPS) is 24.6. The van der Waals surface area contributed by atoms with Gasteiger partial charge in [0.25, 0.3) is 0 Å². The SMILES string of the molecule is COCCNCc1cccc(Cl)c1N1CC2CCC(C1)O2. The lowest BCUT2D eigenvalue weighted by atomic mass is 10.1. The van der Waals surface area contributed by atoms with E-state index in [9.17, 15) is 0 Å². The summed E-state index contributed by atoms with van der Waals surface area (Å²) in [5.74, 6) is 0. The predicted molar refractivity (Wildman–Crippen MR) is 85.1 cm³/mol. The maximum Gasteiger partial charge on any atom is 0.0755 e. The Labute approximate surface area is 131 Å². The Balaban J connectivity index is 1.73. The van der Waals surface area contributed by atoms with E-state index in [2.05, 4.69) is 16.3 Å². The molecule has 0 amide bonds. The van der Waals surface area contributed by atoms with Crippen molar-refractivity contribution in [2.24, 2.45) is 0 Å². The molecular formula is C16H23ClN2O2. The number of ether oxygens (including phenoxy) is 2. The number of anilines is 1. The van der Waals surface area contributed by atoms with Crippen molar-refractivity contribution in [2.45, 2.75) is 31.6 Å². The Hall–Kier alpha value is -0.810. The second-order valence-electron chi connectivity index (χ2n) is 5.78. The van der Waals surface area contributed by atoms with Crippen molar-refractivity contribution in [1.29, 1.82) is 0 Å². The second-order valence-corrected chi connectivity index (χ2v) is 6.19. The summed E-state index contributed by atoms with van der Waals surface area (Å²) in [7, 11) is 1.72. The van der Waals surface area contributed by atoms with E-state index >= 15 is 0 Å². The first kappa shape index (κ1) is 15.1. The molecule has 0 radical (unpaired) electrons. The number of hydrogen-bond donors (Lipinski definition) is 1. The Morgan fingerprint density at radius 3 is 2.81 bits per heavy atom. The lowest BCUT2D eigenvalue weighted by Crippen LogP contribution is -2.43. The van der Waals surface area contributed by atoms with E-state index in [1.165, 1.54) is 24.1 Å². The van der Waals surface area contributed by atoms with Crippen molar-refractivity contribution in [3.63, 3.8) is 0 Å². The first-order valence-electron chi connectivity index (χ1n) is 7.65. The molecule has 2 saturated heterocycles. The molecule has 1 N–H and O–H groups in total. The number of nitrogens with one attached hydrogen (secondary N) is 1. The summed E-state index contributed by atoms with van der Waals surface area (Å²) in [6.07, 6.45) is 3.09. The van der Waals surface area contributed by atoms with Gasteiger partial charge in [-0.1, -0.05) is 23.7 Å². The molecule has 2 unspecified atom stereocenters. The van der Waals surface area contributed by atoms with Gasteiger partial charge in [0.15, 0.2) is 0 Å². The van der Waals surface area contributed by atoms with Crippen LogP contribution in [0.1, 0.15) is 18.4 Å². The molecule has 2 aliphatic heterocycles. The van der Waals surface area contributed by atoms with E-state index in [0.29, 0.717) is 12.2 Å². The fourth-order valence-corrected chi connectivity index (χ4v) is 3.57. The van der Waals surface area contributed by atoms with E-state index in [0.717, 1.165) is 37.8 Å². The van der Waals surface area contributed by atoms with Gasteiger partial charge in [0.1, 0.15) is 0 Å². The lowest BCUT2D eigenvalue weighted by molar-refractivity contribution is 0.0304. The Bertz CT molecular complexity index is 471. The largest absolute Gasteiger partial charge is 0.383 e. The number of methoxy groups -OCH3 is 1. The molecule has 4 nitrogen and oxygen atoms in total. The van der Waals surface area contributed by atoms with Gasteiger partial charge >= 0.3 is 0 Å². The molecule has 0 spiro atoms. The molecule has 0 saturated carbocycles. The fraction of sp³-hybridized carbons (Fsp3) is 0.625. The maximum absolute atomic E-state index is 6.48. The van der Waals surface area contributed by atoms with Gasteiger partial charge in [0, 0.05) is 33.3 Å². The van der Waals surface area contributed by atoms with Crippen LogP contribution in [0.3, 0.4) is 0 Å². The molecule has 2 aliphatic rings. The molecule has 2 heterocycles. The molecular weight excluding hydrogens is 288 g/mol. The smallest absolute Gasteiger partial charge is 0.0755 e. The summed E-state index contributed by atoms with van der Waals surface area (Å²) in [5, 5.41) is 4.24. The summed E-state index contributed by atoms with van der Waals surface area (Å²) in [6.45, 7) is 4.27. The molecule has 3 rings (SSSR count). The molecule has 116 valence electrons. The topological polar surface area (TPSA) is 33.7 Å². The minimum Gasteiger partial charge on any atom is -0.383 e. The number of nitrogens with zero attached hydrogens (tertiary/aromatic N) is 1. The van der Waals surface area contributed by atoms with Crippen molar-refractivity contribution in [2.75, 3.05) is 38.3 Å². The third-order valence-corrected chi connectivity index (χ3v) is 4.53. The zero-order chi connectivity index (χ0) is 14.7. The highest BCUT2D eigenvalue weighted by Gasteiger charge is 2.34. The van der Waals surface area contributed by atoms with Crippen LogP contribution in [0.15, 0.2) is 18.2 Å². The van der Waals surface area contributed by atoms with Crippen LogP contribution >= 0.6 is 11.6 Å². The predicted octanol–water partition coefficient (Wildman–Crippen LogP) is 2.44. The minimum atomic E-state index is 0.370. The first-order valence-corrected chi connectivity index (χ1v) is 8.03. The zero-order valence-electron chi connectivity index (χ0n) is 12.5. The number of fused-ring (bicyclic) bond motifs is 2. The Morgan fingerprint density at radius 1 is 1.33 bits per heavy atom. The summed E-state index contributed by atoms with van der Waals surface area (Å²) >= 11 is 6.48. The van der Waals surface area contributed by atoms with Crippen LogP contribution in [0, 0.1) is 0 Å². The molecule has 2 atom stereocenters. The first-order chi connectivity index (χ1) is 10.3. The maximum atomic E-state index is 6.48. The fourth-order valence-electron chi connectivity index (χ4n) is 3.25. The van der Waals surface area contributed by atoms with Crippen molar-refractivity contribution < 1.29 is 9.47 Å². The summed E-state index contributed by atoms with van der Waals surface area (Å²) in [5.41, 5.74) is 2.42. The molecule has 0 aliphatic carbocycles. The molecule has 1 aromatic rings. The quantitative estimate of drug-likeness (QED) is 0.818. The van der Waals surface area contributed by atoms with Crippen LogP contribution in [0.2, 0.25) is 5.02 Å². The van der Waals surface area contributed by atoms with Gasteiger partial charge in [0.05, 0.1) is 29.5 Å². The van der Waals surface area contributed by atoms with Gasteiger partial charge < -0.3 is 19.7 Å². The van der Waals surface area contributed by atoms with Crippen molar-refractivity contribution in [3.8, 4) is 0 Å². The van der Waals surface area contributed by atoms with Crippen molar-refractivity contribution in [3.05, 3.63) is 28.8 Å². The highest BCUT2D eigenvalue weighted by molar-refractivity contribution is 6.33. The number of hydrogen-bond acceptors (Lipinski definition) is 4. The Kier molecular flexibility index (Phi) is 5.01. The minimum absolute atomic E-state index is 0.370. The average molecular weight is 311 g/mol. The van der Waals surface area contributed by atoms with E-state index < -0.39 is 0 Å². The molecule has 5 heteroatoms. The van der Waals surface area contributed by atoms with E-state index in [1.807, 2.05) is 12.1 Å². The third kappa shape index (κ3) is 3.51. The summed E-state index contributed by atoms with van der Waals surface area (Å²) in [6, 6.07) is 6.15. The molecule has 0 aromatic heterocycles. The summed E-state index contributed by atoms with van der Waals surface area (Å²) < 4.78 is 11.0. The zero-order valence-corrected chi connectivity index (χ0v) is 13.2. The summed E-state index contributed by atoms with van der Waals surface area (Å²) in [4.78, 5) is 2.40. The van der Waals surface area contributed by atoms with E-state index in [1.54, 1.807) is 7.11 Å². The number of halogens is 1. The highest BCUT2D eigenvalue weighted by atomic mass is 35.5. The molecule has 2 fully saturated rings. The van der Waals surface area contributed by atoms with Gasteiger partial charge in [0.2, 0.25) is 0 Å². The number of rotatable bonds is 6. The standard InChI is InChI=1S/C16H23ClN2O2/c1-20-8-7-18-9-12-3-2-4-15(17)16(12)19-10-13-5-6-14(11-19)21-13/h2-4,13-14,18H,5-11H2,1H3. The van der Waals surface area contributed by atoms with Crippen LogP contribution in [-0.4, -0.2) is 45.6 Å². The van der Waals surface area contributed by atoms with Gasteiger partial charge in [-0.3, -0.25) is 0 Å².